The van der Waals surface area contributed by atoms with Gasteiger partial charge in [-0.15, -0.1) is 0 Å². The second kappa shape index (κ2) is 9.99. The molecule has 0 bridgehead atoms. The van der Waals surface area contributed by atoms with E-state index >= 15 is 0 Å². The monoisotopic (exact) mass is 394 g/mol. The van der Waals surface area contributed by atoms with Crippen molar-refractivity contribution in [2.24, 2.45) is 23.0 Å². The van der Waals surface area contributed by atoms with Gasteiger partial charge in [0.1, 0.15) is 0 Å². The van der Waals surface area contributed by atoms with Crippen LogP contribution in [0.1, 0.15) is 91.4 Å². The first-order valence-corrected chi connectivity index (χ1v) is 11.5. The van der Waals surface area contributed by atoms with Gasteiger partial charge in [-0.3, -0.25) is 14.3 Å². The van der Waals surface area contributed by atoms with Gasteiger partial charge in [0.05, 0.1) is 0 Å². The summed E-state index contributed by atoms with van der Waals surface area (Å²) >= 11 is 1.74. The SMILES string of the molecule is CC(C)(C)CC(N)=O.O=C1NSC2(CCCCCCC/C=C/C3CC13)CC2. The number of hydrogen-bond acceptors (Lipinski definition) is 3. The van der Waals surface area contributed by atoms with Crippen molar-refractivity contribution in [1.82, 2.24) is 4.72 Å². The molecule has 1 spiro atoms. The lowest BCUT2D eigenvalue weighted by Crippen LogP contribution is -2.23. The van der Waals surface area contributed by atoms with E-state index in [1.807, 2.05) is 20.8 Å². The maximum absolute atomic E-state index is 12.0. The van der Waals surface area contributed by atoms with Gasteiger partial charge in [-0.25, -0.2) is 0 Å². The number of amides is 2. The summed E-state index contributed by atoms with van der Waals surface area (Å²) in [5.41, 5.74) is 4.99. The Morgan fingerprint density at radius 1 is 1.19 bits per heavy atom. The van der Waals surface area contributed by atoms with Crippen molar-refractivity contribution in [3.05, 3.63) is 12.2 Å². The zero-order valence-electron chi connectivity index (χ0n) is 17.4. The van der Waals surface area contributed by atoms with E-state index in [-0.39, 0.29) is 23.1 Å². The number of nitrogens with two attached hydrogens (primary N) is 1. The lowest BCUT2D eigenvalue weighted by molar-refractivity contribution is -0.121. The van der Waals surface area contributed by atoms with Crippen molar-refractivity contribution in [3.63, 3.8) is 0 Å². The molecule has 3 aliphatic rings. The van der Waals surface area contributed by atoms with Crippen LogP contribution in [0.25, 0.3) is 0 Å². The summed E-state index contributed by atoms with van der Waals surface area (Å²) in [6.45, 7) is 5.95. The first-order valence-electron chi connectivity index (χ1n) is 10.6. The molecule has 1 aliphatic heterocycles. The van der Waals surface area contributed by atoms with Crippen LogP contribution in [0.5, 0.6) is 0 Å². The molecule has 4 nitrogen and oxygen atoms in total. The van der Waals surface area contributed by atoms with Crippen LogP contribution >= 0.6 is 11.9 Å². The average Bonchev–Trinajstić information content (AvgIpc) is 3.45. The predicted molar refractivity (Wildman–Crippen MR) is 114 cm³/mol. The van der Waals surface area contributed by atoms with Gasteiger partial charge in [0, 0.05) is 17.1 Å². The van der Waals surface area contributed by atoms with Crippen molar-refractivity contribution in [1.29, 1.82) is 0 Å². The number of nitrogens with one attached hydrogen (secondary N) is 1. The minimum Gasteiger partial charge on any atom is -0.370 e. The fourth-order valence-electron chi connectivity index (χ4n) is 3.54. The summed E-state index contributed by atoms with van der Waals surface area (Å²) in [6.07, 6.45) is 18.0. The van der Waals surface area contributed by atoms with Gasteiger partial charge < -0.3 is 5.73 Å². The largest absolute Gasteiger partial charge is 0.370 e. The van der Waals surface area contributed by atoms with Crippen molar-refractivity contribution in [2.75, 3.05) is 0 Å². The second-order valence-electron chi connectivity index (χ2n) is 9.70. The summed E-state index contributed by atoms with van der Waals surface area (Å²) in [5.74, 6) is 0.851. The standard InChI is InChI=1S/C16H25NOS.C6H13NO/c18-15-14-12-13(14)8-6-4-2-1-3-5-7-9-16(10-11-16)19-17-15;1-6(2,3)4-5(7)8/h6,8,13-14H,1-5,7,9-12H2,(H,17,18);4H2,1-3H3,(H2,7,8)/b8-6+;. The number of carbonyl (C=O) groups excluding carboxylic acids is 2. The molecule has 2 unspecified atom stereocenters. The maximum Gasteiger partial charge on any atom is 0.233 e. The Morgan fingerprint density at radius 2 is 1.85 bits per heavy atom. The summed E-state index contributed by atoms with van der Waals surface area (Å²) in [6, 6.07) is 0. The first-order chi connectivity index (χ1) is 12.7. The molecule has 2 saturated carbocycles. The van der Waals surface area contributed by atoms with E-state index in [0.29, 0.717) is 17.1 Å². The third kappa shape index (κ3) is 9.18. The molecular formula is C22H38N2O2S. The second-order valence-corrected chi connectivity index (χ2v) is 11.0. The van der Waals surface area contributed by atoms with Gasteiger partial charge in [0.15, 0.2) is 0 Å². The highest BCUT2D eigenvalue weighted by molar-refractivity contribution is 7.99. The molecule has 154 valence electrons. The van der Waals surface area contributed by atoms with Gasteiger partial charge in [-0.05, 0) is 61.8 Å². The Labute approximate surface area is 169 Å². The minimum absolute atomic E-state index is 0.0475. The molecule has 3 N–H and O–H groups in total. The van der Waals surface area contributed by atoms with Crippen LogP contribution in [0, 0.1) is 17.3 Å². The predicted octanol–water partition coefficient (Wildman–Crippen LogP) is 5.13. The third-order valence-electron chi connectivity index (χ3n) is 5.44. The number of allylic oxidation sites excluding steroid dienone is 2. The van der Waals surface area contributed by atoms with Crippen LogP contribution in [-0.2, 0) is 9.59 Å². The molecule has 3 rings (SSSR count). The highest BCUT2D eigenvalue weighted by atomic mass is 32.2. The van der Waals surface area contributed by atoms with E-state index in [2.05, 4.69) is 16.9 Å². The highest BCUT2D eigenvalue weighted by Gasteiger charge is 2.46. The molecule has 1 heterocycles. The van der Waals surface area contributed by atoms with Gasteiger partial charge in [0.2, 0.25) is 11.8 Å². The summed E-state index contributed by atoms with van der Waals surface area (Å²) in [4.78, 5) is 22.3. The van der Waals surface area contributed by atoms with Crippen LogP contribution < -0.4 is 10.5 Å². The van der Waals surface area contributed by atoms with Gasteiger partial charge in [-0.1, -0.05) is 58.6 Å². The Bertz CT molecular complexity index is 535. The van der Waals surface area contributed by atoms with E-state index in [4.69, 9.17) is 5.73 Å². The molecule has 2 atom stereocenters. The van der Waals surface area contributed by atoms with Crippen LogP contribution in [0.4, 0.5) is 0 Å². The summed E-state index contributed by atoms with van der Waals surface area (Å²) < 4.78 is 3.55. The summed E-state index contributed by atoms with van der Waals surface area (Å²) in [7, 11) is 0. The van der Waals surface area contributed by atoms with Gasteiger partial charge in [-0.2, -0.15) is 0 Å². The minimum atomic E-state index is -0.225. The molecule has 27 heavy (non-hydrogen) atoms. The molecule has 0 saturated heterocycles. The maximum atomic E-state index is 12.0. The molecule has 5 heteroatoms. The molecule has 0 aromatic rings. The van der Waals surface area contributed by atoms with E-state index in [1.54, 1.807) is 11.9 Å². The van der Waals surface area contributed by atoms with E-state index in [1.165, 1.54) is 57.8 Å². The number of primary amides is 1. The molecule has 0 radical (unpaired) electrons. The smallest absolute Gasteiger partial charge is 0.233 e. The van der Waals surface area contributed by atoms with Crippen LogP contribution in [0.2, 0.25) is 0 Å². The fraction of sp³-hybridized carbons (Fsp3) is 0.818. The van der Waals surface area contributed by atoms with E-state index < -0.39 is 0 Å². The molecular weight excluding hydrogens is 356 g/mol. The van der Waals surface area contributed by atoms with Gasteiger partial charge >= 0.3 is 0 Å². The third-order valence-corrected chi connectivity index (χ3v) is 6.79. The van der Waals surface area contributed by atoms with Crippen molar-refractivity contribution >= 4 is 23.8 Å². The summed E-state index contributed by atoms with van der Waals surface area (Å²) in [5, 5.41) is 0. The van der Waals surface area contributed by atoms with Crippen molar-refractivity contribution in [2.45, 2.75) is 96.1 Å². The van der Waals surface area contributed by atoms with E-state index in [0.717, 1.165) is 6.42 Å². The molecule has 2 aliphatic carbocycles. The van der Waals surface area contributed by atoms with Crippen molar-refractivity contribution < 1.29 is 9.59 Å². The van der Waals surface area contributed by atoms with Gasteiger partial charge in [0.25, 0.3) is 0 Å². The number of hydrogen-bond donors (Lipinski definition) is 2. The lowest BCUT2D eigenvalue weighted by Gasteiger charge is -2.14. The van der Waals surface area contributed by atoms with Crippen molar-refractivity contribution in [3.8, 4) is 0 Å². The normalized spacial score (nSPS) is 29.1. The Balaban J connectivity index is 0.000000279. The molecule has 2 fully saturated rings. The zero-order chi connectivity index (χ0) is 19.9. The topological polar surface area (TPSA) is 72.2 Å². The fourth-order valence-corrected chi connectivity index (χ4v) is 4.56. The molecule has 0 aromatic heterocycles. The Hall–Kier alpha value is -0.970. The Kier molecular flexibility index (Phi) is 8.26. The number of rotatable bonds is 1. The van der Waals surface area contributed by atoms with Crippen LogP contribution in [-0.4, -0.2) is 16.6 Å². The highest BCUT2D eigenvalue weighted by Crippen LogP contribution is 2.51. The first kappa shape index (κ1) is 22.3. The van der Waals surface area contributed by atoms with E-state index in [9.17, 15) is 9.59 Å². The number of carbonyl (C=O) groups is 2. The van der Waals surface area contributed by atoms with Crippen LogP contribution in [0.15, 0.2) is 12.2 Å². The average molecular weight is 395 g/mol. The van der Waals surface area contributed by atoms with Crippen LogP contribution in [0.3, 0.4) is 0 Å². The quantitative estimate of drug-likeness (QED) is 0.478. The lowest BCUT2D eigenvalue weighted by atomic mass is 9.92. The molecule has 2 amide bonds. The number of fused-ring (bicyclic) bond motifs is 1. The zero-order valence-corrected chi connectivity index (χ0v) is 18.2. The Morgan fingerprint density at radius 3 is 2.44 bits per heavy atom. The molecule has 0 aromatic carbocycles.